The van der Waals surface area contributed by atoms with Crippen LogP contribution in [0, 0.1) is 6.92 Å². The molecule has 11 heteroatoms. The number of carboxylic acids is 1. The molecule has 47 heavy (non-hydrogen) atoms. The summed E-state index contributed by atoms with van der Waals surface area (Å²) in [5.41, 5.74) is 6.99. The highest BCUT2D eigenvalue weighted by molar-refractivity contribution is 7.22. The standard InChI is InChI=1S/C36H41ClN6O3S/c1-20-17-26-33(29(21-7-9-23(37)10-8-21)28(20)32(35(44)45)46-36(2,3)4)47-34(39-26)25-11-12-27-31(38-25)30(40-42(27)6)22-13-15-43(16-14-22)24-18-41(5)19-24/h7-12,17,22,24,32H,13-16,18-19H2,1-6H3,(H,44,45). The number of fused-ring (bicyclic) bond motifs is 2. The Hall–Kier alpha value is -3.41. The van der Waals surface area contributed by atoms with Gasteiger partial charge in [-0.3, -0.25) is 9.58 Å². The number of hydrogen-bond donors (Lipinski definition) is 1. The monoisotopic (exact) mass is 672 g/mol. The number of aliphatic carboxylic acids is 1. The molecule has 0 spiro atoms. The molecule has 0 radical (unpaired) electrons. The second-order valence-corrected chi connectivity index (χ2v) is 15.5. The summed E-state index contributed by atoms with van der Waals surface area (Å²) >= 11 is 7.80. The summed E-state index contributed by atoms with van der Waals surface area (Å²) in [4.78, 5) is 28.0. The maximum Gasteiger partial charge on any atom is 0.337 e. The predicted molar refractivity (Wildman–Crippen MR) is 188 cm³/mol. The molecular formula is C36H41ClN6O3S. The van der Waals surface area contributed by atoms with Gasteiger partial charge < -0.3 is 14.7 Å². The lowest BCUT2D eigenvalue weighted by Gasteiger charge is -2.46. The molecule has 5 aromatic rings. The molecule has 2 aliphatic heterocycles. The van der Waals surface area contributed by atoms with Crippen LogP contribution in [0.25, 0.3) is 43.1 Å². The molecule has 2 fully saturated rings. The summed E-state index contributed by atoms with van der Waals surface area (Å²) < 4.78 is 9.01. The Kier molecular flexibility index (Phi) is 8.37. The smallest absolute Gasteiger partial charge is 0.337 e. The number of nitrogens with zero attached hydrogens (tertiary/aromatic N) is 6. The fourth-order valence-corrected chi connectivity index (χ4v) is 8.36. The molecule has 2 aliphatic rings. The van der Waals surface area contributed by atoms with Crippen LogP contribution in [0.3, 0.4) is 0 Å². The summed E-state index contributed by atoms with van der Waals surface area (Å²) in [7, 11) is 4.18. The van der Waals surface area contributed by atoms with Gasteiger partial charge in [0, 0.05) is 48.2 Å². The lowest BCUT2D eigenvalue weighted by Crippen LogP contribution is -2.59. The van der Waals surface area contributed by atoms with Crippen LogP contribution in [0.1, 0.15) is 62.5 Å². The van der Waals surface area contributed by atoms with Crippen molar-refractivity contribution in [1.82, 2.24) is 29.5 Å². The van der Waals surface area contributed by atoms with E-state index in [-0.39, 0.29) is 0 Å². The van der Waals surface area contributed by atoms with E-state index in [1.54, 1.807) is 0 Å². The largest absolute Gasteiger partial charge is 0.479 e. The second kappa shape index (κ2) is 12.2. The SMILES string of the molecule is Cc1cc2nc(-c3ccc4c(n3)c(C3CCN(C5CN(C)C5)CC3)nn4C)sc2c(-c2ccc(Cl)cc2)c1C(OC(C)(C)C)C(=O)O. The van der Waals surface area contributed by atoms with Crippen LogP contribution >= 0.6 is 22.9 Å². The number of aryl methyl sites for hydroxylation is 2. The number of aromatic nitrogens is 4. The first-order valence-electron chi connectivity index (χ1n) is 16.2. The van der Waals surface area contributed by atoms with Crippen molar-refractivity contribution in [2.45, 2.75) is 64.2 Å². The van der Waals surface area contributed by atoms with Gasteiger partial charge in [-0.15, -0.1) is 11.3 Å². The van der Waals surface area contributed by atoms with Gasteiger partial charge in [0.2, 0.25) is 0 Å². The molecule has 1 N–H and O–H groups in total. The molecule has 3 aromatic heterocycles. The van der Waals surface area contributed by atoms with E-state index >= 15 is 0 Å². The summed E-state index contributed by atoms with van der Waals surface area (Å²) in [5, 5.41) is 16.8. The van der Waals surface area contributed by atoms with Gasteiger partial charge >= 0.3 is 5.97 Å². The number of hydrogen-bond acceptors (Lipinski definition) is 8. The lowest BCUT2D eigenvalue weighted by molar-refractivity contribution is -0.160. The Labute approximate surface area is 284 Å². The average Bonchev–Trinajstić information content (AvgIpc) is 3.58. The average molecular weight is 673 g/mol. The van der Waals surface area contributed by atoms with E-state index in [4.69, 9.17) is 31.4 Å². The number of rotatable bonds is 7. The summed E-state index contributed by atoms with van der Waals surface area (Å²) in [6, 6.07) is 14.3. The molecule has 2 saturated heterocycles. The predicted octanol–water partition coefficient (Wildman–Crippen LogP) is 7.31. The summed E-state index contributed by atoms with van der Waals surface area (Å²) in [5.74, 6) is -0.673. The zero-order chi connectivity index (χ0) is 33.2. The van der Waals surface area contributed by atoms with Crippen molar-refractivity contribution in [3.63, 3.8) is 0 Å². The van der Waals surface area contributed by atoms with Gasteiger partial charge in [0.25, 0.3) is 0 Å². The number of pyridine rings is 1. The lowest BCUT2D eigenvalue weighted by atomic mass is 9.91. The fraction of sp³-hybridized carbons (Fsp3) is 0.444. The van der Waals surface area contributed by atoms with Gasteiger partial charge in [0.1, 0.15) is 10.5 Å². The van der Waals surface area contributed by atoms with Crippen molar-refractivity contribution >= 4 is 50.2 Å². The number of carbonyl (C=O) groups is 1. The molecule has 0 aliphatic carbocycles. The quantitative estimate of drug-likeness (QED) is 0.192. The molecule has 0 saturated carbocycles. The molecule has 0 amide bonds. The van der Waals surface area contributed by atoms with Gasteiger partial charge in [0.05, 0.1) is 32.7 Å². The van der Waals surface area contributed by atoms with Crippen molar-refractivity contribution in [3.05, 3.63) is 64.3 Å². The van der Waals surface area contributed by atoms with Crippen LogP contribution in [0.4, 0.5) is 0 Å². The van der Waals surface area contributed by atoms with Crippen molar-refractivity contribution < 1.29 is 14.6 Å². The first-order chi connectivity index (χ1) is 22.4. The van der Waals surface area contributed by atoms with E-state index in [0.717, 1.165) is 93.4 Å². The Bertz CT molecular complexity index is 1970. The zero-order valence-corrected chi connectivity index (χ0v) is 29.3. The molecule has 9 nitrogen and oxygen atoms in total. The minimum atomic E-state index is -1.17. The van der Waals surface area contributed by atoms with Gasteiger partial charge in [0.15, 0.2) is 6.10 Å². The van der Waals surface area contributed by atoms with E-state index in [9.17, 15) is 9.90 Å². The maximum absolute atomic E-state index is 12.7. The Balaban J connectivity index is 1.31. The molecular weight excluding hydrogens is 632 g/mol. The van der Waals surface area contributed by atoms with Crippen LogP contribution in [0.2, 0.25) is 5.02 Å². The number of benzene rings is 2. The highest BCUT2D eigenvalue weighted by Crippen LogP contribution is 2.44. The zero-order valence-electron chi connectivity index (χ0n) is 27.7. The molecule has 0 bridgehead atoms. The van der Waals surface area contributed by atoms with Gasteiger partial charge in [-0.1, -0.05) is 23.7 Å². The molecule has 246 valence electrons. The van der Waals surface area contributed by atoms with Crippen molar-refractivity contribution in [2.75, 3.05) is 33.2 Å². The van der Waals surface area contributed by atoms with E-state index in [1.807, 2.05) is 75.8 Å². The van der Waals surface area contributed by atoms with Gasteiger partial charge in [-0.25, -0.2) is 14.8 Å². The van der Waals surface area contributed by atoms with Crippen LogP contribution in [0.15, 0.2) is 42.5 Å². The van der Waals surface area contributed by atoms with Crippen LogP contribution < -0.4 is 0 Å². The number of ether oxygens (including phenoxy) is 1. The van der Waals surface area contributed by atoms with Crippen LogP contribution in [-0.2, 0) is 16.6 Å². The Morgan fingerprint density at radius 1 is 1.06 bits per heavy atom. The van der Waals surface area contributed by atoms with Crippen LogP contribution in [0.5, 0.6) is 0 Å². The van der Waals surface area contributed by atoms with Gasteiger partial charge in [-0.2, -0.15) is 5.10 Å². The van der Waals surface area contributed by atoms with E-state index in [2.05, 4.69) is 22.9 Å². The number of thiazole rings is 1. The van der Waals surface area contributed by atoms with E-state index in [1.165, 1.54) is 11.3 Å². The topological polar surface area (TPSA) is 96.6 Å². The number of likely N-dealkylation sites (tertiary alicyclic amines) is 2. The van der Waals surface area contributed by atoms with Crippen molar-refractivity contribution in [1.29, 1.82) is 0 Å². The number of carboxylic acid groups (broad SMARTS) is 1. The third-order valence-corrected chi connectivity index (χ3v) is 10.8. The van der Waals surface area contributed by atoms with E-state index in [0.29, 0.717) is 22.5 Å². The fourth-order valence-electron chi connectivity index (χ4n) is 7.14. The normalized spacial score (nSPS) is 17.9. The van der Waals surface area contributed by atoms with Crippen LogP contribution in [-0.4, -0.2) is 85.5 Å². The minimum absolute atomic E-state index is 0.364. The first kappa shape index (κ1) is 32.2. The molecule has 2 aromatic carbocycles. The second-order valence-electron chi connectivity index (χ2n) is 14.1. The van der Waals surface area contributed by atoms with Gasteiger partial charge in [-0.05, 0) is 102 Å². The van der Waals surface area contributed by atoms with E-state index < -0.39 is 17.7 Å². The highest BCUT2D eigenvalue weighted by atomic mass is 35.5. The number of piperidine rings is 1. The number of likely N-dealkylation sites (N-methyl/N-ethyl adjacent to an activating group) is 1. The molecule has 7 rings (SSSR count). The number of halogens is 1. The van der Waals surface area contributed by atoms with Crippen molar-refractivity contribution in [3.8, 4) is 21.8 Å². The highest BCUT2D eigenvalue weighted by Gasteiger charge is 2.35. The third-order valence-electron chi connectivity index (χ3n) is 9.44. The maximum atomic E-state index is 12.7. The first-order valence-corrected chi connectivity index (χ1v) is 17.4. The molecule has 1 atom stereocenters. The summed E-state index contributed by atoms with van der Waals surface area (Å²) in [6.07, 6.45) is 0.986. The molecule has 1 unspecified atom stereocenters. The minimum Gasteiger partial charge on any atom is -0.479 e. The van der Waals surface area contributed by atoms with Crippen molar-refractivity contribution in [2.24, 2.45) is 7.05 Å². The Morgan fingerprint density at radius 2 is 1.77 bits per heavy atom. The molecule has 5 heterocycles. The summed E-state index contributed by atoms with van der Waals surface area (Å²) in [6.45, 7) is 12.0. The third kappa shape index (κ3) is 6.18. The Morgan fingerprint density at radius 3 is 2.40 bits per heavy atom.